The first-order valence-electron chi connectivity index (χ1n) is 6.74. The lowest BCUT2D eigenvalue weighted by atomic mass is 10.0. The minimum atomic E-state index is -0.216. The van der Waals surface area contributed by atoms with Crippen molar-refractivity contribution in [1.82, 2.24) is 15.5 Å². The molecule has 0 aliphatic carbocycles. The van der Waals surface area contributed by atoms with E-state index in [1.807, 2.05) is 0 Å². The number of rotatable bonds is 2. The number of hydrogen-bond acceptors (Lipinski definition) is 7. The second-order valence-electron chi connectivity index (χ2n) is 4.86. The Hall–Kier alpha value is -1.28. The molecule has 2 aromatic heterocycles. The van der Waals surface area contributed by atoms with Crippen molar-refractivity contribution in [3.63, 3.8) is 0 Å². The standard InChI is InChI=1S/C13H15N3O3S/c1-3-14-11(8-2-6-20-10(1)8)13-15-12(16-19-13)9-7-17-4-5-18-9/h2,6,9,11,14H,1,3-5,7H2. The molecular formula is C13H15N3O3S. The quantitative estimate of drug-likeness (QED) is 0.904. The summed E-state index contributed by atoms with van der Waals surface area (Å²) in [6, 6.07) is 2.12. The van der Waals surface area contributed by atoms with Crippen LogP contribution in [0.15, 0.2) is 16.0 Å². The van der Waals surface area contributed by atoms with Crippen molar-refractivity contribution in [2.45, 2.75) is 18.6 Å². The number of aromatic nitrogens is 2. The summed E-state index contributed by atoms with van der Waals surface area (Å²) in [4.78, 5) is 5.89. The molecule has 4 rings (SSSR count). The molecule has 6 nitrogen and oxygen atoms in total. The molecule has 0 radical (unpaired) electrons. The Morgan fingerprint density at radius 3 is 3.25 bits per heavy atom. The normalized spacial score (nSPS) is 26.4. The van der Waals surface area contributed by atoms with E-state index in [0.29, 0.717) is 31.5 Å². The number of hydrogen-bond donors (Lipinski definition) is 1. The van der Waals surface area contributed by atoms with Crippen LogP contribution in [-0.2, 0) is 15.9 Å². The van der Waals surface area contributed by atoms with Gasteiger partial charge in [-0.15, -0.1) is 11.3 Å². The molecule has 0 amide bonds. The van der Waals surface area contributed by atoms with Gasteiger partial charge in [0.15, 0.2) is 0 Å². The minimum absolute atomic E-state index is 0.00393. The molecule has 0 saturated carbocycles. The van der Waals surface area contributed by atoms with Crippen LogP contribution in [0.1, 0.15) is 34.3 Å². The topological polar surface area (TPSA) is 69.4 Å². The van der Waals surface area contributed by atoms with E-state index in [-0.39, 0.29) is 12.1 Å². The van der Waals surface area contributed by atoms with Crippen molar-refractivity contribution in [3.8, 4) is 0 Å². The number of nitrogens with zero attached hydrogens (tertiary/aromatic N) is 2. The largest absolute Gasteiger partial charge is 0.376 e. The molecule has 2 aliphatic heterocycles. The molecule has 0 bridgehead atoms. The second-order valence-corrected chi connectivity index (χ2v) is 5.86. The Labute approximate surface area is 120 Å². The van der Waals surface area contributed by atoms with Crippen molar-refractivity contribution in [3.05, 3.63) is 33.6 Å². The lowest BCUT2D eigenvalue weighted by Gasteiger charge is -2.21. The average molecular weight is 293 g/mol. The summed E-state index contributed by atoms with van der Waals surface area (Å²) < 4.78 is 16.4. The highest BCUT2D eigenvalue weighted by Gasteiger charge is 2.29. The Balaban J connectivity index is 1.60. The van der Waals surface area contributed by atoms with Crippen LogP contribution in [0.3, 0.4) is 0 Å². The molecule has 20 heavy (non-hydrogen) atoms. The Morgan fingerprint density at radius 1 is 1.35 bits per heavy atom. The molecule has 1 fully saturated rings. The molecule has 2 atom stereocenters. The fraction of sp³-hybridized carbons (Fsp3) is 0.538. The van der Waals surface area contributed by atoms with Gasteiger partial charge in [0.1, 0.15) is 12.1 Å². The van der Waals surface area contributed by atoms with E-state index < -0.39 is 0 Å². The summed E-state index contributed by atoms with van der Waals surface area (Å²) in [6.45, 7) is 2.62. The molecule has 0 spiro atoms. The first-order valence-corrected chi connectivity index (χ1v) is 7.62. The zero-order valence-electron chi connectivity index (χ0n) is 10.9. The van der Waals surface area contributed by atoms with Gasteiger partial charge < -0.3 is 19.3 Å². The minimum Gasteiger partial charge on any atom is -0.376 e. The lowest BCUT2D eigenvalue weighted by Crippen LogP contribution is -2.29. The van der Waals surface area contributed by atoms with E-state index in [0.717, 1.165) is 13.0 Å². The number of thiophene rings is 1. The Kier molecular flexibility index (Phi) is 3.27. The summed E-state index contributed by atoms with van der Waals surface area (Å²) in [5.74, 6) is 1.18. The molecule has 0 aromatic carbocycles. The number of nitrogens with one attached hydrogen (secondary N) is 1. The van der Waals surface area contributed by atoms with E-state index in [4.69, 9.17) is 14.0 Å². The summed E-state index contributed by atoms with van der Waals surface area (Å²) in [6.07, 6.45) is 0.844. The zero-order valence-corrected chi connectivity index (χ0v) is 11.7. The maximum atomic E-state index is 5.59. The van der Waals surface area contributed by atoms with Gasteiger partial charge in [0.2, 0.25) is 11.7 Å². The first kappa shape index (κ1) is 12.5. The van der Waals surface area contributed by atoms with Crippen LogP contribution >= 0.6 is 11.3 Å². The van der Waals surface area contributed by atoms with Crippen molar-refractivity contribution in [1.29, 1.82) is 0 Å². The molecule has 1 saturated heterocycles. The van der Waals surface area contributed by atoms with E-state index in [1.165, 1.54) is 10.4 Å². The molecule has 2 aliphatic rings. The molecular weight excluding hydrogens is 278 g/mol. The van der Waals surface area contributed by atoms with E-state index in [1.54, 1.807) is 11.3 Å². The molecule has 2 unspecified atom stereocenters. The lowest BCUT2D eigenvalue weighted by molar-refractivity contribution is -0.0941. The average Bonchev–Trinajstić information content (AvgIpc) is 3.17. The van der Waals surface area contributed by atoms with Crippen LogP contribution in [0.25, 0.3) is 0 Å². The molecule has 2 aromatic rings. The maximum absolute atomic E-state index is 5.59. The zero-order chi connectivity index (χ0) is 13.4. The Morgan fingerprint density at radius 2 is 2.35 bits per heavy atom. The van der Waals surface area contributed by atoms with Crippen LogP contribution in [0.4, 0.5) is 0 Å². The third-order valence-electron chi connectivity index (χ3n) is 3.60. The van der Waals surface area contributed by atoms with Crippen molar-refractivity contribution >= 4 is 11.3 Å². The summed E-state index contributed by atoms with van der Waals surface area (Å²) in [5.41, 5.74) is 1.25. The van der Waals surface area contributed by atoms with Gasteiger partial charge in [-0.3, -0.25) is 0 Å². The highest BCUT2D eigenvalue weighted by atomic mass is 32.1. The first-order chi connectivity index (χ1) is 9.92. The van der Waals surface area contributed by atoms with E-state index >= 15 is 0 Å². The van der Waals surface area contributed by atoms with Gasteiger partial charge in [-0.1, -0.05) is 5.16 Å². The van der Waals surface area contributed by atoms with Gasteiger partial charge in [0.25, 0.3) is 0 Å². The fourth-order valence-electron chi connectivity index (χ4n) is 2.60. The smallest absolute Gasteiger partial charge is 0.248 e. The highest BCUT2D eigenvalue weighted by molar-refractivity contribution is 7.10. The predicted molar refractivity (Wildman–Crippen MR) is 71.7 cm³/mol. The summed E-state index contributed by atoms with van der Waals surface area (Å²) >= 11 is 1.78. The predicted octanol–water partition coefficient (Wildman–Crippen LogP) is 1.45. The van der Waals surface area contributed by atoms with Gasteiger partial charge in [0.05, 0.1) is 19.8 Å². The molecule has 106 valence electrons. The molecule has 7 heteroatoms. The van der Waals surface area contributed by atoms with Gasteiger partial charge in [-0.2, -0.15) is 4.98 Å². The molecule has 4 heterocycles. The fourth-order valence-corrected chi connectivity index (χ4v) is 3.52. The summed E-state index contributed by atoms with van der Waals surface area (Å²) in [7, 11) is 0. The van der Waals surface area contributed by atoms with E-state index in [9.17, 15) is 0 Å². The van der Waals surface area contributed by atoms with Crippen LogP contribution in [0.2, 0.25) is 0 Å². The van der Waals surface area contributed by atoms with Crippen LogP contribution in [0.5, 0.6) is 0 Å². The Bertz CT molecular complexity index is 591. The third-order valence-corrected chi connectivity index (χ3v) is 4.60. The molecule has 1 N–H and O–H groups in total. The number of ether oxygens (including phenoxy) is 2. The monoisotopic (exact) mass is 293 g/mol. The van der Waals surface area contributed by atoms with Crippen molar-refractivity contribution < 1.29 is 14.0 Å². The maximum Gasteiger partial charge on any atom is 0.248 e. The van der Waals surface area contributed by atoms with Crippen LogP contribution in [-0.4, -0.2) is 36.5 Å². The van der Waals surface area contributed by atoms with Crippen molar-refractivity contribution in [2.24, 2.45) is 0 Å². The van der Waals surface area contributed by atoms with Gasteiger partial charge in [0, 0.05) is 11.4 Å². The SMILES string of the molecule is c1cc2c(s1)CCNC2c1nc(C2COCCO2)no1. The van der Waals surface area contributed by atoms with E-state index in [2.05, 4.69) is 26.9 Å². The van der Waals surface area contributed by atoms with Crippen LogP contribution < -0.4 is 5.32 Å². The van der Waals surface area contributed by atoms with Crippen LogP contribution in [0, 0.1) is 0 Å². The van der Waals surface area contributed by atoms with Gasteiger partial charge >= 0.3 is 0 Å². The second kappa shape index (κ2) is 5.25. The number of fused-ring (bicyclic) bond motifs is 1. The van der Waals surface area contributed by atoms with Gasteiger partial charge in [-0.25, -0.2) is 0 Å². The highest BCUT2D eigenvalue weighted by Crippen LogP contribution is 2.31. The van der Waals surface area contributed by atoms with Gasteiger partial charge in [-0.05, 0) is 23.4 Å². The third kappa shape index (κ3) is 2.16. The van der Waals surface area contributed by atoms with Crippen molar-refractivity contribution in [2.75, 3.05) is 26.4 Å². The summed E-state index contributed by atoms with van der Waals surface area (Å²) in [5, 5.41) is 9.59.